The summed E-state index contributed by atoms with van der Waals surface area (Å²) in [4.78, 5) is 8.83. The quantitative estimate of drug-likeness (QED) is 0.877. The van der Waals surface area contributed by atoms with Crippen molar-refractivity contribution in [1.82, 2.24) is 14.5 Å². The molecule has 2 atom stereocenters. The molecule has 0 spiro atoms. The molecule has 5 nitrogen and oxygen atoms in total. The van der Waals surface area contributed by atoms with E-state index in [0.29, 0.717) is 5.95 Å². The van der Waals surface area contributed by atoms with Gasteiger partial charge in [-0.3, -0.25) is 4.57 Å². The molecule has 3 heterocycles. The molecular weight excluding hydrogens is 296 g/mol. The van der Waals surface area contributed by atoms with Crippen LogP contribution in [0.5, 0.6) is 0 Å². The number of pyridine rings is 1. The summed E-state index contributed by atoms with van der Waals surface area (Å²) >= 11 is 3.40. The van der Waals surface area contributed by atoms with Gasteiger partial charge < -0.3 is 10.5 Å². The third-order valence-corrected chi connectivity index (χ3v) is 4.29. The highest BCUT2D eigenvalue weighted by Crippen LogP contribution is 2.37. The molecule has 3 rings (SSSR count). The van der Waals surface area contributed by atoms with E-state index >= 15 is 0 Å². The van der Waals surface area contributed by atoms with Gasteiger partial charge in [0.2, 0.25) is 5.95 Å². The Kier molecular flexibility index (Phi) is 2.60. The fourth-order valence-electron chi connectivity index (χ4n) is 2.58. The van der Waals surface area contributed by atoms with Crippen LogP contribution in [0.25, 0.3) is 11.2 Å². The molecule has 2 aromatic rings. The van der Waals surface area contributed by atoms with Crippen LogP contribution in [0.3, 0.4) is 0 Å². The van der Waals surface area contributed by atoms with Crippen molar-refractivity contribution in [2.45, 2.75) is 31.9 Å². The Hall–Kier alpha value is -1.14. The predicted octanol–water partition coefficient (Wildman–Crippen LogP) is 2.30. The average Bonchev–Trinajstić information content (AvgIpc) is 2.79. The second-order valence-corrected chi connectivity index (χ2v) is 5.84. The molecule has 2 unspecified atom stereocenters. The number of rotatable bonds is 1. The van der Waals surface area contributed by atoms with Crippen molar-refractivity contribution in [2.75, 3.05) is 12.3 Å². The second-order valence-electron chi connectivity index (χ2n) is 4.92. The topological polar surface area (TPSA) is 66.0 Å². The van der Waals surface area contributed by atoms with Crippen molar-refractivity contribution in [1.29, 1.82) is 0 Å². The number of anilines is 1. The number of hydrogen-bond acceptors (Lipinski definition) is 4. The predicted molar refractivity (Wildman–Crippen MR) is 73.3 cm³/mol. The van der Waals surface area contributed by atoms with Gasteiger partial charge in [-0.05, 0) is 42.3 Å². The van der Waals surface area contributed by atoms with Gasteiger partial charge in [0, 0.05) is 17.3 Å². The minimum atomic E-state index is -0.181. The molecule has 2 aromatic heterocycles. The molecule has 0 bridgehead atoms. The first kappa shape index (κ1) is 11.9. The summed E-state index contributed by atoms with van der Waals surface area (Å²) in [5, 5.41) is 0. The number of nitrogens with two attached hydrogens (primary N) is 1. The molecule has 0 aliphatic carbocycles. The van der Waals surface area contributed by atoms with Crippen LogP contribution in [0.1, 0.15) is 20.3 Å². The zero-order valence-corrected chi connectivity index (χ0v) is 11.9. The van der Waals surface area contributed by atoms with Gasteiger partial charge in [0.15, 0.2) is 5.65 Å². The summed E-state index contributed by atoms with van der Waals surface area (Å²) < 4.78 is 8.59. The molecule has 6 heteroatoms. The van der Waals surface area contributed by atoms with Crippen molar-refractivity contribution in [3.8, 4) is 0 Å². The Morgan fingerprint density at radius 3 is 3.06 bits per heavy atom. The van der Waals surface area contributed by atoms with Crippen LogP contribution < -0.4 is 5.73 Å². The normalized spacial score (nSPS) is 28.1. The molecule has 1 fully saturated rings. The highest BCUT2D eigenvalue weighted by Gasteiger charge is 2.41. The van der Waals surface area contributed by atoms with Crippen LogP contribution in [0.2, 0.25) is 0 Å². The number of aromatic nitrogens is 3. The fourth-order valence-corrected chi connectivity index (χ4v) is 2.90. The largest absolute Gasteiger partial charge is 0.376 e. The van der Waals surface area contributed by atoms with Gasteiger partial charge in [-0.15, -0.1) is 0 Å². The molecule has 0 amide bonds. The molecule has 18 heavy (non-hydrogen) atoms. The van der Waals surface area contributed by atoms with E-state index in [9.17, 15) is 0 Å². The highest BCUT2D eigenvalue weighted by molar-refractivity contribution is 9.10. The molecule has 1 aliphatic heterocycles. The summed E-state index contributed by atoms with van der Waals surface area (Å²) in [6, 6.07) is 1.93. The SMILES string of the molecule is CC1OCCC1(C)n1c(N)nc2cc(Br)cnc21. The van der Waals surface area contributed by atoms with E-state index in [0.717, 1.165) is 28.7 Å². The zero-order chi connectivity index (χ0) is 12.9. The first-order valence-corrected chi connectivity index (χ1v) is 6.73. The van der Waals surface area contributed by atoms with E-state index < -0.39 is 0 Å². The number of nitrogen functional groups attached to an aromatic ring is 1. The van der Waals surface area contributed by atoms with Crippen LogP contribution in [0, 0.1) is 0 Å². The Morgan fingerprint density at radius 1 is 1.61 bits per heavy atom. The maximum absolute atomic E-state index is 6.07. The Labute approximate surface area is 113 Å². The number of halogens is 1. The Morgan fingerprint density at radius 2 is 2.39 bits per heavy atom. The monoisotopic (exact) mass is 310 g/mol. The van der Waals surface area contributed by atoms with E-state index in [1.54, 1.807) is 6.20 Å². The van der Waals surface area contributed by atoms with Gasteiger partial charge in [-0.2, -0.15) is 0 Å². The summed E-state index contributed by atoms with van der Waals surface area (Å²) in [5.74, 6) is 0.496. The van der Waals surface area contributed by atoms with Crippen LogP contribution in [-0.4, -0.2) is 27.2 Å². The second kappa shape index (κ2) is 3.93. The molecule has 1 saturated heterocycles. The average molecular weight is 311 g/mol. The molecule has 0 aromatic carbocycles. The molecule has 1 aliphatic rings. The van der Waals surface area contributed by atoms with E-state index in [2.05, 4.69) is 39.7 Å². The van der Waals surface area contributed by atoms with Crippen LogP contribution in [-0.2, 0) is 10.3 Å². The summed E-state index contributed by atoms with van der Waals surface area (Å²) in [5.41, 5.74) is 7.51. The lowest BCUT2D eigenvalue weighted by Gasteiger charge is -2.30. The van der Waals surface area contributed by atoms with Crippen LogP contribution >= 0.6 is 15.9 Å². The molecular formula is C12H15BrN4O. The minimum absolute atomic E-state index is 0.0997. The number of ether oxygens (including phenoxy) is 1. The lowest BCUT2D eigenvalue weighted by atomic mass is 9.94. The van der Waals surface area contributed by atoms with Crippen LogP contribution in [0.15, 0.2) is 16.7 Å². The maximum Gasteiger partial charge on any atom is 0.203 e. The number of fused-ring (bicyclic) bond motifs is 1. The van der Waals surface area contributed by atoms with Crippen molar-refractivity contribution in [2.24, 2.45) is 0 Å². The van der Waals surface area contributed by atoms with Gasteiger partial charge in [-0.25, -0.2) is 9.97 Å². The van der Waals surface area contributed by atoms with Gasteiger partial charge in [0.25, 0.3) is 0 Å². The third kappa shape index (κ3) is 1.55. The Bertz CT molecular complexity index is 611. The summed E-state index contributed by atoms with van der Waals surface area (Å²) in [6.07, 6.45) is 2.79. The standard InChI is InChI=1S/C12H15BrN4O/c1-7-12(2,3-4-18-7)17-10-9(16-11(17)14)5-8(13)6-15-10/h5-7H,3-4H2,1-2H3,(H2,14,16). The van der Waals surface area contributed by atoms with E-state index in [-0.39, 0.29) is 11.6 Å². The first-order valence-electron chi connectivity index (χ1n) is 5.94. The molecule has 2 N–H and O–H groups in total. The summed E-state index contributed by atoms with van der Waals surface area (Å²) in [7, 11) is 0. The lowest BCUT2D eigenvalue weighted by Crippen LogP contribution is -2.37. The van der Waals surface area contributed by atoms with Crippen LogP contribution in [0.4, 0.5) is 5.95 Å². The number of nitrogens with zero attached hydrogens (tertiary/aromatic N) is 3. The lowest BCUT2D eigenvalue weighted by molar-refractivity contribution is 0.0781. The molecule has 0 saturated carbocycles. The number of hydrogen-bond donors (Lipinski definition) is 1. The fraction of sp³-hybridized carbons (Fsp3) is 0.500. The van der Waals surface area contributed by atoms with E-state index in [4.69, 9.17) is 10.5 Å². The van der Waals surface area contributed by atoms with Gasteiger partial charge in [-0.1, -0.05) is 0 Å². The summed E-state index contributed by atoms with van der Waals surface area (Å²) in [6.45, 7) is 4.95. The molecule has 0 radical (unpaired) electrons. The van der Waals surface area contributed by atoms with Gasteiger partial charge >= 0.3 is 0 Å². The highest BCUT2D eigenvalue weighted by atomic mass is 79.9. The van der Waals surface area contributed by atoms with E-state index in [1.165, 1.54) is 0 Å². The first-order chi connectivity index (χ1) is 8.52. The van der Waals surface area contributed by atoms with Gasteiger partial charge in [0.05, 0.1) is 11.6 Å². The minimum Gasteiger partial charge on any atom is -0.376 e. The van der Waals surface area contributed by atoms with Crippen molar-refractivity contribution in [3.05, 3.63) is 16.7 Å². The molecule has 96 valence electrons. The van der Waals surface area contributed by atoms with Gasteiger partial charge in [0.1, 0.15) is 5.52 Å². The number of imidazole rings is 1. The smallest absolute Gasteiger partial charge is 0.203 e. The van der Waals surface area contributed by atoms with Crippen molar-refractivity contribution < 1.29 is 4.74 Å². The maximum atomic E-state index is 6.07. The third-order valence-electron chi connectivity index (χ3n) is 3.85. The Balaban J connectivity index is 2.25. The van der Waals surface area contributed by atoms with Crippen molar-refractivity contribution >= 4 is 33.0 Å². The van der Waals surface area contributed by atoms with E-state index in [1.807, 2.05) is 10.6 Å². The zero-order valence-electron chi connectivity index (χ0n) is 10.4. The van der Waals surface area contributed by atoms with Crippen molar-refractivity contribution in [3.63, 3.8) is 0 Å².